The monoisotopic (exact) mass is 258 g/mol. The minimum absolute atomic E-state index is 0.351. The lowest BCUT2D eigenvalue weighted by atomic mass is 10.1. The molecule has 1 aromatic rings. The quantitative estimate of drug-likeness (QED) is 0.805. The van der Waals surface area contributed by atoms with Crippen molar-refractivity contribution in [3.8, 4) is 0 Å². The maximum Gasteiger partial charge on any atom is 0.124 e. The number of allylic oxidation sites excluding steroid dienone is 1. The van der Waals surface area contributed by atoms with E-state index in [0.29, 0.717) is 10.0 Å². The highest BCUT2D eigenvalue weighted by atomic mass is 79.9. The van der Waals surface area contributed by atoms with Crippen LogP contribution in [-0.2, 0) is 0 Å². The van der Waals surface area contributed by atoms with Gasteiger partial charge >= 0.3 is 0 Å². The number of hydrogen-bond acceptors (Lipinski definition) is 1. The summed E-state index contributed by atoms with van der Waals surface area (Å²) in [5.74, 6) is -0.351. The molecule has 0 fully saturated rings. The van der Waals surface area contributed by atoms with E-state index in [2.05, 4.69) is 15.9 Å². The van der Waals surface area contributed by atoms with Crippen LogP contribution in [0.5, 0.6) is 0 Å². The largest absolute Gasteiger partial charge is 0.384 e. The number of rotatable bonds is 2. The van der Waals surface area contributed by atoms with Gasteiger partial charge < -0.3 is 5.11 Å². The second-order valence-electron chi connectivity index (χ2n) is 3.39. The molecule has 0 aliphatic carbocycles. The van der Waals surface area contributed by atoms with Crippen molar-refractivity contribution in [2.45, 2.75) is 20.0 Å². The lowest BCUT2D eigenvalue weighted by Gasteiger charge is -2.07. The van der Waals surface area contributed by atoms with Gasteiger partial charge in [-0.3, -0.25) is 0 Å². The molecule has 3 heteroatoms. The van der Waals surface area contributed by atoms with E-state index in [1.807, 2.05) is 13.8 Å². The lowest BCUT2D eigenvalue weighted by molar-refractivity contribution is 0.227. The van der Waals surface area contributed by atoms with E-state index in [-0.39, 0.29) is 5.82 Å². The number of aliphatic hydroxyl groups is 1. The van der Waals surface area contributed by atoms with Crippen LogP contribution in [-0.4, -0.2) is 5.11 Å². The van der Waals surface area contributed by atoms with Gasteiger partial charge in [0.05, 0.1) is 6.10 Å². The molecule has 0 aromatic heterocycles. The maximum atomic E-state index is 13.0. The van der Waals surface area contributed by atoms with Crippen LogP contribution in [0.3, 0.4) is 0 Å². The molecule has 0 saturated heterocycles. The molecule has 1 rings (SSSR count). The molecule has 1 unspecified atom stereocenters. The molecule has 0 aliphatic rings. The molecular formula is C11H12BrFO. The topological polar surface area (TPSA) is 20.2 Å². The van der Waals surface area contributed by atoms with E-state index in [0.717, 1.165) is 5.57 Å². The van der Waals surface area contributed by atoms with E-state index in [9.17, 15) is 9.50 Å². The minimum atomic E-state index is -0.744. The lowest BCUT2D eigenvalue weighted by Crippen LogP contribution is -1.95. The summed E-state index contributed by atoms with van der Waals surface area (Å²) in [5, 5.41) is 9.68. The van der Waals surface area contributed by atoms with Crippen LogP contribution in [0.2, 0.25) is 0 Å². The predicted molar refractivity (Wildman–Crippen MR) is 58.5 cm³/mol. The van der Waals surface area contributed by atoms with Gasteiger partial charge in [-0.05, 0) is 37.6 Å². The van der Waals surface area contributed by atoms with Gasteiger partial charge in [-0.1, -0.05) is 27.6 Å². The smallest absolute Gasteiger partial charge is 0.124 e. The Balaban J connectivity index is 3.01. The summed E-state index contributed by atoms with van der Waals surface area (Å²) >= 11 is 3.18. The van der Waals surface area contributed by atoms with E-state index < -0.39 is 6.10 Å². The van der Waals surface area contributed by atoms with Crippen molar-refractivity contribution in [1.29, 1.82) is 0 Å². The van der Waals surface area contributed by atoms with Gasteiger partial charge in [0.25, 0.3) is 0 Å². The molecule has 0 saturated carbocycles. The van der Waals surface area contributed by atoms with Crippen molar-refractivity contribution < 1.29 is 9.50 Å². The molecule has 0 bridgehead atoms. The zero-order chi connectivity index (χ0) is 10.7. The summed E-state index contributed by atoms with van der Waals surface area (Å²) in [6.45, 7) is 3.77. The summed E-state index contributed by atoms with van der Waals surface area (Å²) in [4.78, 5) is 0. The molecule has 0 aliphatic heterocycles. The molecule has 0 radical (unpaired) electrons. The third-order valence-electron chi connectivity index (χ3n) is 1.72. The third-order valence-corrected chi connectivity index (χ3v) is 2.18. The Bertz CT molecular complexity index is 336. The van der Waals surface area contributed by atoms with Gasteiger partial charge in [-0.25, -0.2) is 4.39 Å². The maximum absolute atomic E-state index is 13.0. The molecule has 1 nitrogen and oxygen atoms in total. The fourth-order valence-electron chi connectivity index (χ4n) is 1.16. The minimum Gasteiger partial charge on any atom is -0.384 e. The molecule has 0 spiro atoms. The van der Waals surface area contributed by atoms with E-state index in [4.69, 9.17) is 0 Å². The fraction of sp³-hybridized carbons (Fsp3) is 0.273. The van der Waals surface area contributed by atoms with Crippen molar-refractivity contribution in [3.05, 3.63) is 45.7 Å². The summed E-state index contributed by atoms with van der Waals surface area (Å²) in [5.41, 5.74) is 1.55. The van der Waals surface area contributed by atoms with Crippen LogP contribution in [0.15, 0.2) is 34.3 Å². The number of hydrogen-bond donors (Lipinski definition) is 1. The second-order valence-corrected chi connectivity index (χ2v) is 4.31. The van der Waals surface area contributed by atoms with Crippen molar-refractivity contribution >= 4 is 15.9 Å². The first-order valence-corrected chi connectivity index (χ1v) is 5.07. The van der Waals surface area contributed by atoms with E-state index in [1.54, 1.807) is 12.1 Å². The first kappa shape index (κ1) is 11.4. The average molecular weight is 259 g/mol. The summed E-state index contributed by atoms with van der Waals surface area (Å²) in [6.07, 6.45) is 0.938. The van der Waals surface area contributed by atoms with Gasteiger partial charge in [0.1, 0.15) is 5.82 Å². The standard InChI is InChI=1S/C11H12BrFO/c1-7(2)3-11(14)8-4-9(12)6-10(13)5-8/h3-6,11,14H,1-2H3. The van der Waals surface area contributed by atoms with E-state index >= 15 is 0 Å². The molecule has 0 amide bonds. The fourth-order valence-corrected chi connectivity index (χ4v) is 1.64. The van der Waals surface area contributed by atoms with Crippen LogP contribution in [0.1, 0.15) is 25.5 Å². The molecule has 1 N–H and O–H groups in total. The van der Waals surface area contributed by atoms with Crippen LogP contribution in [0.4, 0.5) is 4.39 Å². The summed E-state index contributed by atoms with van der Waals surface area (Å²) in [6, 6.07) is 4.39. The van der Waals surface area contributed by atoms with Crippen LogP contribution < -0.4 is 0 Å². The van der Waals surface area contributed by atoms with Crippen LogP contribution >= 0.6 is 15.9 Å². The number of aliphatic hydroxyl groups excluding tert-OH is 1. The molecule has 14 heavy (non-hydrogen) atoms. The predicted octanol–water partition coefficient (Wildman–Crippen LogP) is 3.59. The summed E-state index contributed by atoms with van der Waals surface area (Å²) in [7, 11) is 0. The first-order valence-electron chi connectivity index (χ1n) is 4.28. The second kappa shape index (κ2) is 4.71. The average Bonchev–Trinajstić information content (AvgIpc) is 2.00. The zero-order valence-corrected chi connectivity index (χ0v) is 9.68. The molecule has 1 atom stereocenters. The Kier molecular flexibility index (Phi) is 3.84. The number of benzene rings is 1. The van der Waals surface area contributed by atoms with Crippen molar-refractivity contribution in [1.82, 2.24) is 0 Å². The Hall–Kier alpha value is -0.670. The Labute approximate surface area is 91.4 Å². The Morgan fingerprint density at radius 1 is 1.43 bits per heavy atom. The normalized spacial score (nSPS) is 12.4. The van der Waals surface area contributed by atoms with Crippen molar-refractivity contribution in [2.75, 3.05) is 0 Å². The van der Waals surface area contributed by atoms with Crippen LogP contribution in [0, 0.1) is 5.82 Å². The highest BCUT2D eigenvalue weighted by Crippen LogP contribution is 2.21. The van der Waals surface area contributed by atoms with Crippen LogP contribution in [0.25, 0.3) is 0 Å². The number of halogens is 2. The first-order chi connectivity index (χ1) is 6.49. The van der Waals surface area contributed by atoms with Crippen molar-refractivity contribution in [3.63, 3.8) is 0 Å². The molecule has 76 valence electrons. The molecule has 0 heterocycles. The van der Waals surface area contributed by atoms with Gasteiger partial charge in [0, 0.05) is 4.47 Å². The third kappa shape index (κ3) is 3.24. The highest BCUT2D eigenvalue weighted by molar-refractivity contribution is 9.10. The highest BCUT2D eigenvalue weighted by Gasteiger charge is 2.06. The Morgan fingerprint density at radius 2 is 2.07 bits per heavy atom. The zero-order valence-electron chi connectivity index (χ0n) is 8.09. The Morgan fingerprint density at radius 3 is 2.57 bits per heavy atom. The van der Waals surface area contributed by atoms with Gasteiger partial charge in [-0.2, -0.15) is 0 Å². The van der Waals surface area contributed by atoms with Crippen molar-refractivity contribution in [2.24, 2.45) is 0 Å². The van der Waals surface area contributed by atoms with Gasteiger partial charge in [-0.15, -0.1) is 0 Å². The SMILES string of the molecule is CC(C)=CC(O)c1cc(F)cc(Br)c1. The van der Waals surface area contributed by atoms with E-state index in [1.165, 1.54) is 12.1 Å². The van der Waals surface area contributed by atoms with Gasteiger partial charge in [0.2, 0.25) is 0 Å². The summed E-state index contributed by atoms with van der Waals surface area (Å²) < 4.78 is 13.6. The van der Waals surface area contributed by atoms with Gasteiger partial charge in [0.15, 0.2) is 0 Å². The molecular weight excluding hydrogens is 247 g/mol. The molecule has 1 aromatic carbocycles.